The maximum atomic E-state index is 12.2. The Bertz CT molecular complexity index is 980. The van der Waals surface area contributed by atoms with Crippen molar-refractivity contribution in [1.29, 1.82) is 0 Å². The van der Waals surface area contributed by atoms with Gasteiger partial charge in [-0.05, 0) is 38.0 Å². The zero-order chi connectivity index (χ0) is 18.9. The van der Waals surface area contributed by atoms with Gasteiger partial charge < -0.3 is 5.32 Å². The largest absolute Gasteiger partial charge is 0.322 e. The second kappa shape index (κ2) is 7.25. The van der Waals surface area contributed by atoms with Crippen LogP contribution in [-0.2, 0) is 14.6 Å². The third kappa shape index (κ3) is 3.99. The average molecular weight is 394 g/mol. The molecule has 1 fully saturated rings. The second-order valence-corrected chi connectivity index (χ2v) is 9.02. The fourth-order valence-electron chi connectivity index (χ4n) is 2.98. The van der Waals surface area contributed by atoms with E-state index in [1.807, 2.05) is 31.2 Å². The molecule has 1 N–H and O–H groups in total. The summed E-state index contributed by atoms with van der Waals surface area (Å²) in [6, 6.07) is 7.25. The van der Waals surface area contributed by atoms with Crippen molar-refractivity contribution in [2.45, 2.75) is 26.3 Å². The lowest BCUT2D eigenvalue weighted by molar-refractivity contribution is -0.111. The van der Waals surface area contributed by atoms with Crippen molar-refractivity contribution in [2.24, 2.45) is 0 Å². The lowest BCUT2D eigenvalue weighted by Gasteiger charge is -2.09. The van der Waals surface area contributed by atoms with Gasteiger partial charge in [0.15, 0.2) is 9.84 Å². The zero-order valence-electron chi connectivity index (χ0n) is 14.6. The van der Waals surface area contributed by atoms with Gasteiger partial charge in [0.25, 0.3) is 0 Å². The maximum absolute atomic E-state index is 12.2. The van der Waals surface area contributed by atoms with E-state index in [1.165, 1.54) is 6.08 Å². The zero-order valence-corrected chi connectivity index (χ0v) is 16.1. The van der Waals surface area contributed by atoms with Crippen LogP contribution in [0.2, 0.25) is 5.15 Å². The molecule has 0 unspecified atom stereocenters. The number of nitrogens with zero attached hydrogens (tertiary/aromatic N) is 2. The van der Waals surface area contributed by atoms with Crippen LogP contribution in [0, 0.1) is 13.8 Å². The van der Waals surface area contributed by atoms with Gasteiger partial charge in [0.2, 0.25) is 5.91 Å². The lowest BCUT2D eigenvalue weighted by atomic mass is 10.2. The van der Waals surface area contributed by atoms with Gasteiger partial charge in [-0.2, -0.15) is 5.10 Å². The van der Waals surface area contributed by atoms with Gasteiger partial charge in [-0.25, -0.2) is 13.1 Å². The molecule has 1 atom stereocenters. The number of carbonyl (C=O) groups excluding carboxylic acids is 1. The van der Waals surface area contributed by atoms with Crippen molar-refractivity contribution in [3.8, 4) is 0 Å². The summed E-state index contributed by atoms with van der Waals surface area (Å²) in [5, 5.41) is 7.54. The first-order valence-electron chi connectivity index (χ1n) is 8.26. The summed E-state index contributed by atoms with van der Waals surface area (Å²) < 4.78 is 24.9. The summed E-state index contributed by atoms with van der Waals surface area (Å²) in [5.74, 6) is -0.0762. The van der Waals surface area contributed by atoms with Gasteiger partial charge in [0.1, 0.15) is 5.15 Å². The number of benzene rings is 1. The van der Waals surface area contributed by atoms with Crippen LogP contribution in [0.3, 0.4) is 0 Å². The van der Waals surface area contributed by atoms with Crippen LogP contribution in [0.15, 0.2) is 30.3 Å². The van der Waals surface area contributed by atoms with Crippen molar-refractivity contribution in [3.05, 3.63) is 52.3 Å². The summed E-state index contributed by atoms with van der Waals surface area (Å²) in [5.41, 5.74) is 2.99. The molecule has 2 heterocycles. The summed E-state index contributed by atoms with van der Waals surface area (Å²) in [7, 11) is -3.03. The number of hydrogen-bond acceptors (Lipinski definition) is 4. The lowest BCUT2D eigenvalue weighted by Crippen LogP contribution is -2.12. The predicted molar refractivity (Wildman–Crippen MR) is 103 cm³/mol. The van der Waals surface area contributed by atoms with Crippen molar-refractivity contribution in [3.63, 3.8) is 0 Å². The van der Waals surface area contributed by atoms with Gasteiger partial charge in [-0.3, -0.25) is 4.79 Å². The highest BCUT2D eigenvalue weighted by molar-refractivity contribution is 7.91. The topological polar surface area (TPSA) is 81.1 Å². The van der Waals surface area contributed by atoms with E-state index in [2.05, 4.69) is 10.4 Å². The molecular formula is C18H20ClN3O3S. The monoisotopic (exact) mass is 393 g/mol. The summed E-state index contributed by atoms with van der Waals surface area (Å²) in [6.07, 6.45) is 3.51. The van der Waals surface area contributed by atoms with Gasteiger partial charge >= 0.3 is 0 Å². The minimum atomic E-state index is -3.03. The van der Waals surface area contributed by atoms with Crippen LogP contribution in [0.4, 0.5) is 5.69 Å². The molecule has 26 heavy (non-hydrogen) atoms. The van der Waals surface area contributed by atoms with E-state index in [1.54, 1.807) is 17.7 Å². The number of anilines is 1. The van der Waals surface area contributed by atoms with Crippen LogP contribution in [-0.4, -0.2) is 35.6 Å². The smallest absolute Gasteiger partial charge is 0.248 e. The number of amides is 1. The van der Waals surface area contributed by atoms with Gasteiger partial charge in [-0.1, -0.05) is 29.8 Å². The Morgan fingerprint density at radius 1 is 1.35 bits per heavy atom. The highest BCUT2D eigenvalue weighted by Gasteiger charge is 2.31. The SMILES string of the molecule is Cc1ccccc1NC(=O)/C=C/c1c(C)nn([C@@H]2CCS(=O)(=O)C2)c1Cl. The fourth-order valence-corrected chi connectivity index (χ4v) is 5.05. The number of aryl methyl sites for hydroxylation is 2. The first-order chi connectivity index (χ1) is 12.3. The Balaban J connectivity index is 1.77. The fraction of sp³-hybridized carbons (Fsp3) is 0.333. The van der Waals surface area contributed by atoms with Crippen molar-refractivity contribution < 1.29 is 13.2 Å². The second-order valence-electron chi connectivity index (χ2n) is 6.43. The van der Waals surface area contributed by atoms with Crippen molar-refractivity contribution >= 4 is 39.1 Å². The minimum Gasteiger partial charge on any atom is -0.322 e. The molecule has 0 radical (unpaired) electrons. The number of hydrogen-bond donors (Lipinski definition) is 1. The third-order valence-electron chi connectivity index (χ3n) is 4.43. The Labute approximate surface area is 157 Å². The molecule has 1 saturated heterocycles. The van der Waals surface area contributed by atoms with E-state index in [0.717, 1.165) is 11.3 Å². The first-order valence-corrected chi connectivity index (χ1v) is 10.5. The first kappa shape index (κ1) is 18.7. The molecule has 3 rings (SSSR count). The molecule has 1 aromatic heterocycles. The molecule has 0 aliphatic carbocycles. The Hall–Kier alpha value is -2.12. The molecular weight excluding hydrogens is 374 g/mol. The molecule has 1 amide bonds. The molecule has 1 aliphatic rings. The molecule has 1 aliphatic heterocycles. The molecule has 6 nitrogen and oxygen atoms in total. The summed E-state index contributed by atoms with van der Waals surface area (Å²) in [4.78, 5) is 12.2. The number of rotatable bonds is 4. The predicted octanol–water partition coefficient (Wildman–Crippen LogP) is 3.16. The van der Waals surface area contributed by atoms with E-state index >= 15 is 0 Å². The van der Waals surface area contributed by atoms with Crippen LogP contribution in [0.25, 0.3) is 6.08 Å². The van der Waals surface area contributed by atoms with E-state index in [0.29, 0.717) is 22.8 Å². The van der Waals surface area contributed by atoms with Crippen LogP contribution < -0.4 is 5.32 Å². The van der Waals surface area contributed by atoms with Gasteiger partial charge in [0, 0.05) is 17.3 Å². The highest BCUT2D eigenvalue weighted by atomic mass is 35.5. The summed E-state index contributed by atoms with van der Waals surface area (Å²) >= 11 is 6.39. The number of aromatic nitrogens is 2. The van der Waals surface area contributed by atoms with E-state index in [4.69, 9.17) is 11.6 Å². The summed E-state index contributed by atoms with van der Waals surface area (Å²) in [6.45, 7) is 3.70. The van der Waals surface area contributed by atoms with Crippen molar-refractivity contribution in [1.82, 2.24) is 9.78 Å². The maximum Gasteiger partial charge on any atom is 0.248 e. The normalized spacial score (nSPS) is 19.1. The molecule has 0 spiro atoms. The number of sulfone groups is 1. The van der Waals surface area contributed by atoms with E-state index in [-0.39, 0.29) is 23.5 Å². The molecule has 138 valence electrons. The molecule has 2 aromatic rings. The number of para-hydroxylation sites is 1. The van der Waals surface area contributed by atoms with Crippen LogP contribution >= 0.6 is 11.6 Å². The number of nitrogens with one attached hydrogen (secondary N) is 1. The van der Waals surface area contributed by atoms with Crippen molar-refractivity contribution in [2.75, 3.05) is 16.8 Å². The Kier molecular flexibility index (Phi) is 5.20. The quantitative estimate of drug-likeness (QED) is 0.809. The molecule has 0 saturated carbocycles. The average Bonchev–Trinajstić information content (AvgIpc) is 3.07. The standard InChI is InChI=1S/C18H20ClN3O3S/c1-12-5-3-4-6-16(12)20-17(23)8-7-15-13(2)21-22(18(15)19)14-9-10-26(24,25)11-14/h3-8,14H,9-11H2,1-2H3,(H,20,23)/b8-7+/t14-/m1/s1. The Morgan fingerprint density at radius 3 is 2.73 bits per heavy atom. The Morgan fingerprint density at radius 2 is 2.08 bits per heavy atom. The minimum absolute atomic E-state index is 0.0464. The molecule has 8 heteroatoms. The number of halogens is 1. The third-order valence-corrected chi connectivity index (χ3v) is 6.56. The van der Waals surface area contributed by atoms with E-state index < -0.39 is 9.84 Å². The molecule has 0 bridgehead atoms. The number of carbonyl (C=O) groups is 1. The van der Waals surface area contributed by atoms with Crippen LogP contribution in [0.5, 0.6) is 0 Å². The molecule has 1 aromatic carbocycles. The van der Waals surface area contributed by atoms with Gasteiger partial charge in [0.05, 0.1) is 23.2 Å². The van der Waals surface area contributed by atoms with E-state index in [9.17, 15) is 13.2 Å². The van der Waals surface area contributed by atoms with Gasteiger partial charge in [-0.15, -0.1) is 0 Å². The van der Waals surface area contributed by atoms with Crippen LogP contribution in [0.1, 0.15) is 29.3 Å². The highest BCUT2D eigenvalue weighted by Crippen LogP contribution is 2.30.